The van der Waals surface area contributed by atoms with Crippen molar-refractivity contribution in [1.82, 2.24) is 0 Å². The number of unbranched alkanes of at least 4 members (excludes halogenated alkanes) is 10. The molecule has 0 bridgehead atoms. The molecule has 0 aromatic rings. The van der Waals surface area contributed by atoms with Crippen molar-refractivity contribution in [3.8, 4) is 0 Å². The SMILES string of the molecule is CCC[CH2][Ge]([CH2]CCC)[CH2]CCC.CCC[CH2][Ge]([CH2]CCC)[CH2]CCC.CCC[CH2][Ge][CH2]CCC.CCC[CH2][Ge][CH2]CCC. The summed E-state index contributed by atoms with van der Waals surface area (Å²) in [4.78, 5) is 0. The molecule has 0 N–H and O–H groups in total. The molecule has 0 aromatic carbocycles. The van der Waals surface area contributed by atoms with Crippen molar-refractivity contribution in [3.63, 3.8) is 0 Å². The molecule has 266 valence electrons. The molecule has 0 atom stereocenters. The van der Waals surface area contributed by atoms with Crippen LogP contribution in [0.4, 0.5) is 0 Å². The fraction of sp³-hybridized carbons (Fsp3) is 1.00. The molecular weight excluding hydrogens is 771 g/mol. The van der Waals surface area contributed by atoms with Gasteiger partial charge in [0.05, 0.1) is 0 Å². The standard InChI is InChI=1S/2C12H27Ge.2C8H18Ge/c2*1-4-7-10-13(11-8-5-2)12-9-6-3;2*1-3-5-7-9-8-6-4-2/h2*4-12H2,1-3H3;2*3-8H2,1-2H3. The first-order valence-electron chi connectivity index (χ1n) is 20.6. The fourth-order valence-electron chi connectivity index (χ4n) is 4.77. The predicted molar refractivity (Wildman–Crippen MR) is 220 cm³/mol. The van der Waals surface area contributed by atoms with Gasteiger partial charge in [0.25, 0.3) is 0 Å². The van der Waals surface area contributed by atoms with E-state index in [1.54, 1.807) is 52.5 Å². The van der Waals surface area contributed by atoms with Crippen LogP contribution in [0.1, 0.15) is 198 Å². The zero-order valence-electron chi connectivity index (χ0n) is 33.2. The van der Waals surface area contributed by atoms with E-state index in [4.69, 9.17) is 0 Å². The van der Waals surface area contributed by atoms with Gasteiger partial charge in [-0.2, -0.15) is 0 Å². The summed E-state index contributed by atoms with van der Waals surface area (Å²) < 4.78 is 0. The monoisotopic (exact) mass is 866 g/mol. The molecule has 0 fully saturated rings. The molecule has 0 aliphatic heterocycles. The molecule has 0 unspecified atom stereocenters. The van der Waals surface area contributed by atoms with Crippen LogP contribution in [0.5, 0.6) is 0 Å². The average molecular weight is 862 g/mol. The van der Waals surface area contributed by atoms with Crippen LogP contribution in [0.3, 0.4) is 0 Å². The molecule has 0 rings (SSSR count). The number of hydrogen-bond donors (Lipinski definition) is 0. The van der Waals surface area contributed by atoms with Crippen LogP contribution in [-0.4, -0.2) is 59.6 Å². The quantitative estimate of drug-likeness (QED) is 0.0499. The second-order valence-corrected chi connectivity index (χ2v) is 31.9. The van der Waals surface area contributed by atoms with E-state index in [1.807, 2.05) is 0 Å². The van der Waals surface area contributed by atoms with E-state index in [0.29, 0.717) is 30.9 Å². The van der Waals surface area contributed by atoms with Crippen LogP contribution in [0.15, 0.2) is 0 Å². The third-order valence-corrected chi connectivity index (χ3v) is 27.4. The van der Waals surface area contributed by atoms with Crippen molar-refractivity contribution in [1.29, 1.82) is 0 Å². The van der Waals surface area contributed by atoms with Crippen LogP contribution >= 0.6 is 0 Å². The van der Waals surface area contributed by atoms with Gasteiger partial charge in [-0.15, -0.1) is 0 Å². The first-order valence-corrected chi connectivity index (χ1v) is 35.4. The molecule has 0 nitrogen and oxygen atoms in total. The van der Waals surface area contributed by atoms with Crippen LogP contribution in [0.2, 0.25) is 52.5 Å². The van der Waals surface area contributed by atoms with Crippen LogP contribution in [0.25, 0.3) is 0 Å². The number of hydrogen-bond acceptors (Lipinski definition) is 0. The zero-order valence-corrected chi connectivity index (χ0v) is 41.6. The van der Waals surface area contributed by atoms with Gasteiger partial charge >= 0.3 is 310 Å². The minimum absolute atomic E-state index is 0.496. The second-order valence-electron chi connectivity index (χ2n) is 13.0. The maximum absolute atomic E-state index is 2.33. The van der Waals surface area contributed by atoms with Crippen LogP contribution in [-0.2, 0) is 0 Å². The Morgan fingerprint density at radius 1 is 0.250 bits per heavy atom. The van der Waals surface area contributed by atoms with E-state index in [1.165, 1.54) is 128 Å². The van der Waals surface area contributed by atoms with Crippen molar-refractivity contribution in [2.45, 2.75) is 250 Å². The Hall–Kier alpha value is 2.17. The molecule has 0 saturated carbocycles. The van der Waals surface area contributed by atoms with Crippen molar-refractivity contribution in [2.75, 3.05) is 0 Å². The Morgan fingerprint density at radius 2 is 0.409 bits per heavy atom. The Labute approximate surface area is 307 Å². The van der Waals surface area contributed by atoms with Crippen molar-refractivity contribution < 1.29 is 0 Å². The zero-order chi connectivity index (χ0) is 33.8. The maximum atomic E-state index is 2.33. The molecule has 0 spiro atoms. The van der Waals surface area contributed by atoms with Gasteiger partial charge in [0.15, 0.2) is 0 Å². The van der Waals surface area contributed by atoms with Gasteiger partial charge in [-0.25, -0.2) is 0 Å². The molecule has 4 heteroatoms. The molecule has 44 heavy (non-hydrogen) atoms. The third kappa shape index (κ3) is 56.5. The Kier molecular flexibility index (Phi) is 65.8. The van der Waals surface area contributed by atoms with Crippen molar-refractivity contribution in [3.05, 3.63) is 0 Å². The van der Waals surface area contributed by atoms with E-state index < -0.39 is 28.7 Å². The topological polar surface area (TPSA) is 0 Å². The summed E-state index contributed by atoms with van der Waals surface area (Å²) in [7, 11) is 0. The van der Waals surface area contributed by atoms with Crippen molar-refractivity contribution >= 4 is 59.6 Å². The molecule has 0 aliphatic carbocycles. The molecule has 0 saturated heterocycles. The van der Waals surface area contributed by atoms with Gasteiger partial charge in [-0.3, -0.25) is 0 Å². The summed E-state index contributed by atoms with van der Waals surface area (Å²) in [5, 5.41) is 16.2. The summed E-state index contributed by atoms with van der Waals surface area (Å²) >= 11 is -0.112. The van der Waals surface area contributed by atoms with Crippen LogP contribution < -0.4 is 0 Å². The summed E-state index contributed by atoms with van der Waals surface area (Å²) in [6, 6.07) is 0. The van der Waals surface area contributed by atoms with Crippen LogP contribution in [0, 0.1) is 0 Å². The van der Waals surface area contributed by atoms with E-state index >= 15 is 0 Å². The van der Waals surface area contributed by atoms with Gasteiger partial charge in [0.2, 0.25) is 0 Å². The average Bonchev–Trinajstić information content (AvgIpc) is 3.05. The first-order chi connectivity index (χ1) is 21.5. The molecule has 6 radical (unpaired) electrons. The normalized spacial score (nSPS) is 10.6. The summed E-state index contributed by atoms with van der Waals surface area (Å²) in [6.07, 6.45) is 29.1. The van der Waals surface area contributed by atoms with E-state index in [2.05, 4.69) is 69.2 Å². The third-order valence-electron chi connectivity index (χ3n) is 8.13. The summed E-state index contributed by atoms with van der Waals surface area (Å²) in [6.45, 7) is 23.1. The molecular formula is C40H90Ge4. The Morgan fingerprint density at radius 3 is 0.545 bits per heavy atom. The number of rotatable bonds is 30. The van der Waals surface area contributed by atoms with Gasteiger partial charge in [0, 0.05) is 0 Å². The predicted octanol–water partition coefficient (Wildman–Crippen LogP) is 16.0. The second kappa shape index (κ2) is 54.6. The molecule has 0 aliphatic rings. The van der Waals surface area contributed by atoms with E-state index in [9.17, 15) is 0 Å². The van der Waals surface area contributed by atoms with Gasteiger partial charge in [-0.05, 0) is 0 Å². The summed E-state index contributed by atoms with van der Waals surface area (Å²) in [5.74, 6) is 0. The Bertz CT molecular complexity index is 330. The molecule has 0 heterocycles. The molecule has 0 aromatic heterocycles. The Balaban J connectivity index is -0.000000246. The van der Waals surface area contributed by atoms with E-state index in [0.717, 1.165) is 0 Å². The van der Waals surface area contributed by atoms with Gasteiger partial charge < -0.3 is 0 Å². The fourth-order valence-corrected chi connectivity index (χ4v) is 24.8. The van der Waals surface area contributed by atoms with E-state index in [-0.39, 0.29) is 0 Å². The minimum atomic E-state index is -0.552. The molecule has 0 amide bonds. The van der Waals surface area contributed by atoms with Gasteiger partial charge in [-0.1, -0.05) is 0 Å². The first kappa shape index (κ1) is 53.0. The van der Waals surface area contributed by atoms with Gasteiger partial charge in [0.1, 0.15) is 0 Å². The van der Waals surface area contributed by atoms with Crippen molar-refractivity contribution in [2.24, 2.45) is 0 Å². The summed E-state index contributed by atoms with van der Waals surface area (Å²) in [5.41, 5.74) is 0.